The van der Waals surface area contributed by atoms with E-state index in [-0.39, 0.29) is 23.2 Å². The second-order valence-corrected chi connectivity index (χ2v) is 11.1. The third kappa shape index (κ3) is 5.18. The minimum atomic E-state index is -4.03. The van der Waals surface area contributed by atoms with Gasteiger partial charge in [-0.1, -0.05) is 50.2 Å². The molecule has 2 aromatic carbocycles. The summed E-state index contributed by atoms with van der Waals surface area (Å²) >= 11 is 0. The van der Waals surface area contributed by atoms with Crippen molar-refractivity contribution in [3.8, 4) is 22.6 Å². The Labute approximate surface area is 210 Å². The molecule has 0 spiro atoms. The van der Waals surface area contributed by atoms with Crippen molar-refractivity contribution in [1.29, 1.82) is 0 Å². The lowest BCUT2D eigenvalue weighted by molar-refractivity contribution is -0.128. The quantitative estimate of drug-likeness (QED) is 0.356. The number of oxazole rings is 1. The van der Waals surface area contributed by atoms with E-state index < -0.39 is 15.4 Å². The summed E-state index contributed by atoms with van der Waals surface area (Å²) in [5.41, 5.74) is 3.15. The van der Waals surface area contributed by atoms with Crippen LogP contribution in [0, 0.1) is 19.3 Å². The number of nitrogens with one attached hydrogen (secondary N) is 2. The SMILES string of the molecule is Cc1noc(NS(=O)(=O)c2ccccc2-c2ccc(-c3ncco3)cc2CNC(=O)C(C)(C)C)c1C. The molecular formula is C26H28N4O5S. The summed E-state index contributed by atoms with van der Waals surface area (Å²) in [5.74, 6) is 0.358. The fourth-order valence-corrected chi connectivity index (χ4v) is 4.82. The van der Waals surface area contributed by atoms with Crippen LogP contribution in [0.25, 0.3) is 22.6 Å². The zero-order valence-corrected chi connectivity index (χ0v) is 21.6. The van der Waals surface area contributed by atoms with Crippen molar-refractivity contribution in [2.75, 3.05) is 4.72 Å². The van der Waals surface area contributed by atoms with Gasteiger partial charge in [0.1, 0.15) is 6.26 Å². The van der Waals surface area contributed by atoms with Gasteiger partial charge in [-0.3, -0.25) is 4.79 Å². The summed E-state index contributed by atoms with van der Waals surface area (Å²) < 4.78 is 40.0. The zero-order valence-electron chi connectivity index (χ0n) is 20.7. The summed E-state index contributed by atoms with van der Waals surface area (Å²) in [5, 5.41) is 6.78. The average molecular weight is 509 g/mol. The van der Waals surface area contributed by atoms with Crippen molar-refractivity contribution in [3.05, 3.63) is 71.7 Å². The van der Waals surface area contributed by atoms with Crippen LogP contribution in [-0.2, 0) is 21.4 Å². The molecule has 4 rings (SSSR count). The minimum Gasteiger partial charge on any atom is -0.445 e. The predicted molar refractivity (Wildman–Crippen MR) is 135 cm³/mol. The van der Waals surface area contributed by atoms with Crippen LogP contribution in [0.5, 0.6) is 0 Å². The number of carbonyl (C=O) groups is 1. The Bertz CT molecular complexity index is 1500. The van der Waals surface area contributed by atoms with Gasteiger partial charge in [-0.2, -0.15) is 0 Å². The van der Waals surface area contributed by atoms with Crippen molar-refractivity contribution in [1.82, 2.24) is 15.5 Å². The second-order valence-electron chi connectivity index (χ2n) is 9.47. The summed E-state index contributed by atoms with van der Waals surface area (Å²) in [6.45, 7) is 9.13. The van der Waals surface area contributed by atoms with E-state index in [0.717, 1.165) is 0 Å². The number of benzene rings is 2. The molecule has 0 fully saturated rings. The Morgan fingerprint density at radius 2 is 1.81 bits per heavy atom. The molecule has 0 bridgehead atoms. The Balaban J connectivity index is 1.79. The number of sulfonamides is 1. The summed E-state index contributed by atoms with van der Waals surface area (Å²) in [4.78, 5) is 16.9. The minimum absolute atomic E-state index is 0.0609. The van der Waals surface area contributed by atoms with Gasteiger partial charge < -0.3 is 14.3 Å². The first kappa shape index (κ1) is 25.2. The topological polar surface area (TPSA) is 127 Å². The first-order valence-electron chi connectivity index (χ1n) is 11.3. The van der Waals surface area contributed by atoms with E-state index in [9.17, 15) is 13.2 Å². The Morgan fingerprint density at radius 1 is 1.06 bits per heavy atom. The van der Waals surface area contributed by atoms with Gasteiger partial charge >= 0.3 is 0 Å². The van der Waals surface area contributed by atoms with Crippen LogP contribution >= 0.6 is 0 Å². The van der Waals surface area contributed by atoms with Gasteiger partial charge in [0.2, 0.25) is 17.7 Å². The molecular weight excluding hydrogens is 480 g/mol. The van der Waals surface area contributed by atoms with Gasteiger partial charge in [0.15, 0.2) is 0 Å². The van der Waals surface area contributed by atoms with Crippen molar-refractivity contribution in [2.24, 2.45) is 5.41 Å². The smallest absolute Gasteiger partial charge is 0.264 e. The summed E-state index contributed by atoms with van der Waals surface area (Å²) in [6, 6.07) is 12.1. The molecule has 188 valence electrons. The number of amides is 1. The fourth-order valence-electron chi connectivity index (χ4n) is 3.55. The van der Waals surface area contributed by atoms with Gasteiger partial charge in [0.25, 0.3) is 10.0 Å². The summed E-state index contributed by atoms with van der Waals surface area (Å²) in [6.07, 6.45) is 3.02. The van der Waals surface area contributed by atoms with E-state index in [1.54, 1.807) is 50.4 Å². The average Bonchev–Trinajstić information content (AvgIpc) is 3.48. The predicted octanol–water partition coefficient (Wildman–Crippen LogP) is 5.08. The Morgan fingerprint density at radius 3 is 2.44 bits per heavy atom. The highest BCUT2D eigenvalue weighted by atomic mass is 32.2. The van der Waals surface area contributed by atoms with Crippen molar-refractivity contribution in [2.45, 2.75) is 46.1 Å². The van der Waals surface area contributed by atoms with Crippen molar-refractivity contribution >= 4 is 21.8 Å². The van der Waals surface area contributed by atoms with Gasteiger partial charge in [0.05, 0.1) is 16.8 Å². The first-order valence-corrected chi connectivity index (χ1v) is 12.8. The number of nitrogens with zero attached hydrogens (tertiary/aromatic N) is 2. The zero-order chi connectivity index (χ0) is 26.1. The molecule has 0 radical (unpaired) electrons. The molecule has 36 heavy (non-hydrogen) atoms. The van der Waals surface area contributed by atoms with Crippen LogP contribution < -0.4 is 10.0 Å². The molecule has 0 saturated carbocycles. The maximum Gasteiger partial charge on any atom is 0.264 e. The van der Waals surface area contributed by atoms with Gasteiger partial charge in [0, 0.05) is 28.7 Å². The lowest BCUT2D eigenvalue weighted by Crippen LogP contribution is -2.34. The van der Waals surface area contributed by atoms with E-state index in [0.29, 0.717) is 39.4 Å². The molecule has 0 atom stereocenters. The van der Waals surface area contributed by atoms with Crippen LogP contribution in [-0.4, -0.2) is 24.5 Å². The molecule has 9 nitrogen and oxygen atoms in total. The molecule has 0 aliphatic carbocycles. The molecule has 2 N–H and O–H groups in total. The van der Waals surface area contributed by atoms with Crippen LogP contribution in [0.1, 0.15) is 37.6 Å². The van der Waals surface area contributed by atoms with Crippen LogP contribution in [0.15, 0.2) is 68.8 Å². The van der Waals surface area contributed by atoms with E-state index in [4.69, 9.17) is 8.94 Å². The Kier molecular flexibility index (Phi) is 6.73. The number of hydrogen-bond acceptors (Lipinski definition) is 7. The van der Waals surface area contributed by atoms with E-state index in [2.05, 4.69) is 20.2 Å². The van der Waals surface area contributed by atoms with Crippen LogP contribution in [0.4, 0.5) is 5.88 Å². The molecule has 0 aliphatic rings. The number of rotatable bonds is 7. The molecule has 4 aromatic rings. The molecule has 0 unspecified atom stereocenters. The standard InChI is InChI=1S/C26H28N4O5S/c1-16-17(2)29-35-23(16)30-36(32,33)22-9-7-6-8-21(22)20-11-10-18(24-27-12-13-34-24)14-19(20)15-28-25(31)26(3,4)5/h6-14,30H,15H2,1-5H3,(H,28,31). The highest BCUT2D eigenvalue weighted by molar-refractivity contribution is 7.92. The number of anilines is 1. The van der Waals surface area contributed by atoms with E-state index in [1.807, 2.05) is 26.8 Å². The van der Waals surface area contributed by atoms with E-state index >= 15 is 0 Å². The molecule has 2 heterocycles. The van der Waals surface area contributed by atoms with Gasteiger partial charge in [-0.05, 0) is 43.2 Å². The third-order valence-corrected chi connectivity index (χ3v) is 7.15. The number of aromatic nitrogens is 2. The van der Waals surface area contributed by atoms with Crippen LogP contribution in [0.2, 0.25) is 0 Å². The molecule has 0 aliphatic heterocycles. The number of carbonyl (C=O) groups excluding carboxylic acids is 1. The van der Waals surface area contributed by atoms with Crippen molar-refractivity contribution in [3.63, 3.8) is 0 Å². The third-order valence-electron chi connectivity index (χ3n) is 5.76. The molecule has 0 saturated heterocycles. The monoisotopic (exact) mass is 508 g/mol. The molecule has 10 heteroatoms. The highest BCUT2D eigenvalue weighted by Gasteiger charge is 2.25. The highest BCUT2D eigenvalue weighted by Crippen LogP contribution is 2.34. The van der Waals surface area contributed by atoms with Crippen molar-refractivity contribution < 1.29 is 22.2 Å². The lowest BCUT2D eigenvalue weighted by Gasteiger charge is -2.20. The normalized spacial score (nSPS) is 11.9. The van der Waals surface area contributed by atoms with Crippen LogP contribution in [0.3, 0.4) is 0 Å². The largest absolute Gasteiger partial charge is 0.445 e. The molecule has 2 aromatic heterocycles. The number of aryl methyl sites for hydroxylation is 1. The first-order chi connectivity index (χ1) is 17.0. The lowest BCUT2D eigenvalue weighted by atomic mass is 9.94. The maximum absolute atomic E-state index is 13.4. The second kappa shape index (κ2) is 9.62. The maximum atomic E-state index is 13.4. The van der Waals surface area contributed by atoms with Gasteiger partial charge in [-0.15, -0.1) is 0 Å². The van der Waals surface area contributed by atoms with E-state index in [1.165, 1.54) is 12.3 Å². The Hall–Kier alpha value is -3.92. The number of hydrogen-bond donors (Lipinski definition) is 2. The summed E-state index contributed by atoms with van der Waals surface area (Å²) in [7, 11) is -4.03. The van der Waals surface area contributed by atoms with Gasteiger partial charge in [-0.25, -0.2) is 18.1 Å². The molecule has 1 amide bonds. The fraction of sp³-hybridized carbons (Fsp3) is 0.269.